The van der Waals surface area contributed by atoms with Crippen molar-refractivity contribution in [2.45, 2.75) is 25.5 Å². The molecule has 1 aromatic heterocycles. The van der Waals surface area contributed by atoms with Crippen LogP contribution in [0.25, 0.3) is 21.7 Å². The highest BCUT2D eigenvalue weighted by Gasteiger charge is 2.24. The van der Waals surface area contributed by atoms with Gasteiger partial charge in [-0.25, -0.2) is 14.1 Å². The van der Waals surface area contributed by atoms with Gasteiger partial charge < -0.3 is 9.64 Å². The van der Waals surface area contributed by atoms with Gasteiger partial charge in [0.1, 0.15) is 11.7 Å². The summed E-state index contributed by atoms with van der Waals surface area (Å²) < 4.78 is 23.1. The van der Waals surface area contributed by atoms with Crippen molar-refractivity contribution in [1.29, 1.82) is 0 Å². The number of carbonyl (C=O) groups is 1. The lowest BCUT2D eigenvalue weighted by Gasteiger charge is -2.22. The molecule has 0 saturated carbocycles. The Labute approximate surface area is 220 Å². The molecule has 1 aliphatic heterocycles. The fraction of sp³-hybridized carbons (Fsp3) is 0.269. The molecule has 180 valence electrons. The molecule has 0 radical (unpaired) electrons. The van der Waals surface area contributed by atoms with Crippen molar-refractivity contribution in [3.05, 3.63) is 68.1 Å². The number of benzene rings is 3. The van der Waals surface area contributed by atoms with Gasteiger partial charge in [-0.1, -0.05) is 17.7 Å². The van der Waals surface area contributed by atoms with Crippen LogP contribution in [0.2, 0.25) is 5.02 Å². The first-order valence-electron chi connectivity index (χ1n) is 11.3. The van der Waals surface area contributed by atoms with Crippen LogP contribution < -0.4 is 0 Å². The third-order valence-electron chi connectivity index (χ3n) is 6.02. The SMILES string of the molecule is CN(C)/C=N/c1c(C(=O)c2ccc(F)c3nn(C4CCCCO4)cc23)cc(I)c2cc(Cl)ccc12. The van der Waals surface area contributed by atoms with E-state index in [1.54, 1.807) is 28.2 Å². The minimum absolute atomic E-state index is 0.158. The Morgan fingerprint density at radius 3 is 2.77 bits per heavy atom. The van der Waals surface area contributed by atoms with E-state index < -0.39 is 5.82 Å². The molecule has 1 atom stereocenters. The normalized spacial score (nSPS) is 16.4. The van der Waals surface area contributed by atoms with Crippen LogP contribution in [0.15, 0.2) is 47.6 Å². The van der Waals surface area contributed by atoms with Crippen molar-refractivity contribution >= 4 is 73.7 Å². The maximum absolute atomic E-state index is 14.7. The Morgan fingerprint density at radius 1 is 1.20 bits per heavy atom. The van der Waals surface area contributed by atoms with Crippen LogP contribution >= 0.6 is 34.2 Å². The van der Waals surface area contributed by atoms with Gasteiger partial charge in [0.25, 0.3) is 0 Å². The lowest BCUT2D eigenvalue weighted by Crippen LogP contribution is -2.18. The molecule has 0 amide bonds. The molecule has 9 heteroatoms. The smallest absolute Gasteiger partial charge is 0.196 e. The van der Waals surface area contributed by atoms with Crippen molar-refractivity contribution in [2.24, 2.45) is 4.99 Å². The number of nitrogens with zero attached hydrogens (tertiary/aromatic N) is 4. The van der Waals surface area contributed by atoms with Crippen LogP contribution in [0.1, 0.15) is 41.4 Å². The summed E-state index contributed by atoms with van der Waals surface area (Å²) in [6.45, 7) is 0.641. The third kappa shape index (κ3) is 4.66. The van der Waals surface area contributed by atoms with Crippen molar-refractivity contribution in [3.8, 4) is 0 Å². The van der Waals surface area contributed by atoms with Gasteiger partial charge >= 0.3 is 0 Å². The van der Waals surface area contributed by atoms with Crippen LogP contribution in [0.4, 0.5) is 10.1 Å². The van der Waals surface area contributed by atoms with Gasteiger partial charge in [-0.2, -0.15) is 5.10 Å². The zero-order valence-electron chi connectivity index (χ0n) is 19.3. The summed E-state index contributed by atoms with van der Waals surface area (Å²) in [7, 11) is 3.73. The first kappa shape index (κ1) is 24.1. The molecule has 1 aliphatic rings. The quantitative estimate of drug-likeness (QED) is 0.110. The van der Waals surface area contributed by atoms with Crippen LogP contribution in [0, 0.1) is 9.39 Å². The lowest BCUT2D eigenvalue weighted by molar-refractivity contribution is -0.0391. The molecule has 6 nitrogen and oxygen atoms in total. The van der Waals surface area contributed by atoms with Crippen LogP contribution in [-0.2, 0) is 4.74 Å². The first-order chi connectivity index (χ1) is 16.8. The molecular formula is C26H23ClFIN4O2. The average Bonchev–Trinajstić information content (AvgIpc) is 3.30. The van der Waals surface area contributed by atoms with Gasteiger partial charge in [-0.15, -0.1) is 0 Å². The Morgan fingerprint density at radius 2 is 2.03 bits per heavy atom. The Kier molecular flexibility index (Phi) is 6.78. The molecule has 0 aliphatic carbocycles. The van der Waals surface area contributed by atoms with Crippen molar-refractivity contribution in [1.82, 2.24) is 14.7 Å². The fourth-order valence-corrected chi connectivity index (χ4v) is 5.27. The van der Waals surface area contributed by atoms with Crippen LogP contribution in [0.5, 0.6) is 0 Å². The van der Waals surface area contributed by atoms with Gasteiger partial charge in [-0.3, -0.25) is 4.79 Å². The number of carbonyl (C=O) groups excluding carboxylic acids is 1. The number of ether oxygens (including phenoxy) is 1. The molecule has 3 aromatic carbocycles. The summed E-state index contributed by atoms with van der Waals surface area (Å²) in [4.78, 5) is 20.4. The zero-order chi connectivity index (χ0) is 24.7. The zero-order valence-corrected chi connectivity index (χ0v) is 22.2. The highest BCUT2D eigenvalue weighted by molar-refractivity contribution is 14.1. The summed E-state index contributed by atoms with van der Waals surface area (Å²) in [6.07, 6.45) is 5.93. The molecule has 35 heavy (non-hydrogen) atoms. The largest absolute Gasteiger partial charge is 0.369 e. The van der Waals surface area contributed by atoms with Crippen molar-refractivity contribution in [2.75, 3.05) is 20.7 Å². The first-order valence-corrected chi connectivity index (χ1v) is 12.7. The predicted molar refractivity (Wildman–Crippen MR) is 145 cm³/mol. The molecule has 0 spiro atoms. The van der Waals surface area contributed by atoms with E-state index in [4.69, 9.17) is 16.3 Å². The van der Waals surface area contributed by atoms with E-state index in [-0.39, 0.29) is 17.5 Å². The van der Waals surface area contributed by atoms with E-state index in [0.29, 0.717) is 33.8 Å². The van der Waals surface area contributed by atoms with Gasteiger partial charge in [0, 0.05) is 57.4 Å². The number of halogens is 3. The number of fused-ring (bicyclic) bond motifs is 2. The average molecular weight is 605 g/mol. The second kappa shape index (κ2) is 9.83. The van der Waals surface area contributed by atoms with Gasteiger partial charge in [0.15, 0.2) is 11.6 Å². The second-order valence-corrected chi connectivity index (χ2v) is 10.4. The molecule has 1 unspecified atom stereocenters. The van der Waals surface area contributed by atoms with E-state index in [9.17, 15) is 9.18 Å². The number of hydrogen-bond acceptors (Lipinski definition) is 4. The van der Waals surface area contributed by atoms with Gasteiger partial charge in [0.05, 0.1) is 12.0 Å². The number of aromatic nitrogens is 2. The number of hydrogen-bond donors (Lipinski definition) is 0. The Balaban J connectivity index is 1.69. The number of rotatable bonds is 5. The fourth-order valence-electron chi connectivity index (χ4n) is 4.34. The number of aliphatic imine (C=N–C) groups is 1. The van der Waals surface area contributed by atoms with Crippen molar-refractivity contribution in [3.63, 3.8) is 0 Å². The number of ketones is 1. The predicted octanol–water partition coefficient (Wildman–Crippen LogP) is 6.74. The summed E-state index contributed by atoms with van der Waals surface area (Å²) in [6, 6.07) is 10.2. The monoisotopic (exact) mass is 604 g/mol. The van der Waals surface area contributed by atoms with Crippen LogP contribution in [0.3, 0.4) is 0 Å². The molecule has 2 heterocycles. The van der Waals surface area contributed by atoms with E-state index >= 15 is 0 Å². The highest BCUT2D eigenvalue weighted by Crippen LogP contribution is 2.37. The van der Waals surface area contributed by atoms with E-state index in [1.165, 1.54) is 12.1 Å². The topological polar surface area (TPSA) is 59.7 Å². The lowest BCUT2D eigenvalue weighted by atomic mass is 9.95. The minimum atomic E-state index is -0.473. The minimum Gasteiger partial charge on any atom is -0.369 e. The van der Waals surface area contributed by atoms with E-state index in [0.717, 1.165) is 33.6 Å². The van der Waals surface area contributed by atoms with Gasteiger partial charge in [-0.05, 0) is 77.6 Å². The molecular weight excluding hydrogens is 582 g/mol. The maximum atomic E-state index is 14.7. The molecule has 5 rings (SSSR count). The maximum Gasteiger partial charge on any atom is 0.196 e. The Hall–Kier alpha value is -2.56. The van der Waals surface area contributed by atoms with Crippen molar-refractivity contribution < 1.29 is 13.9 Å². The summed E-state index contributed by atoms with van der Waals surface area (Å²) in [5, 5.41) is 7.23. The summed E-state index contributed by atoms with van der Waals surface area (Å²) in [5.74, 6) is -0.723. The highest BCUT2D eigenvalue weighted by atomic mass is 127. The van der Waals surface area contributed by atoms with E-state index in [1.807, 2.05) is 32.3 Å². The summed E-state index contributed by atoms with van der Waals surface area (Å²) in [5.41, 5.74) is 1.49. The van der Waals surface area contributed by atoms with Crippen LogP contribution in [-0.4, -0.2) is 47.5 Å². The molecule has 0 N–H and O–H groups in total. The molecule has 1 fully saturated rings. The van der Waals surface area contributed by atoms with E-state index in [2.05, 4.69) is 32.7 Å². The van der Waals surface area contributed by atoms with Gasteiger partial charge in [0.2, 0.25) is 0 Å². The molecule has 0 bridgehead atoms. The second-order valence-electron chi connectivity index (χ2n) is 8.77. The molecule has 1 saturated heterocycles. The summed E-state index contributed by atoms with van der Waals surface area (Å²) >= 11 is 8.45. The molecule has 4 aromatic rings. The Bertz CT molecular complexity index is 1480. The standard InChI is InChI=1S/C26H23ClFIN4O2/c1-32(2)14-30-24-16-7-6-15(27)11-18(16)22(29)12-19(24)26(34)17-8-9-21(28)25-20(17)13-33(31-25)23-5-3-4-10-35-23/h6-9,11-14,23H,3-5,10H2,1-2H3/b30-14+. The third-order valence-corrected chi connectivity index (χ3v) is 7.15.